The second-order valence-corrected chi connectivity index (χ2v) is 6.25. The van der Waals surface area contributed by atoms with E-state index < -0.39 is 0 Å². The fraction of sp³-hybridized carbons (Fsp3) is 0.571. The zero-order chi connectivity index (χ0) is 13.7. The zero-order valence-corrected chi connectivity index (χ0v) is 12.5. The highest BCUT2D eigenvalue weighted by atomic mass is 32.2. The fourth-order valence-electron chi connectivity index (χ4n) is 1.95. The molecule has 4 nitrogen and oxygen atoms in total. The van der Waals surface area contributed by atoms with Crippen LogP contribution < -0.4 is 10.1 Å². The molecule has 1 aromatic heterocycles. The highest BCUT2D eigenvalue weighted by molar-refractivity contribution is 8.15. The van der Waals surface area contributed by atoms with Crippen LogP contribution in [-0.4, -0.2) is 28.6 Å². The van der Waals surface area contributed by atoms with Crippen LogP contribution in [0.4, 0.5) is 5.69 Å². The Labute approximate surface area is 119 Å². The molecule has 0 saturated heterocycles. The third-order valence-electron chi connectivity index (χ3n) is 2.73. The number of pyridine rings is 1. The number of amidine groups is 1. The van der Waals surface area contributed by atoms with Gasteiger partial charge in [0.25, 0.3) is 0 Å². The molecule has 1 aliphatic heterocycles. The van der Waals surface area contributed by atoms with Crippen LogP contribution in [-0.2, 0) is 0 Å². The van der Waals surface area contributed by atoms with Crippen LogP contribution in [0.2, 0.25) is 0 Å². The first-order valence-electron chi connectivity index (χ1n) is 6.74. The van der Waals surface area contributed by atoms with Crippen LogP contribution in [0, 0.1) is 5.92 Å². The number of thioether (sulfide) groups is 1. The Hall–Kier alpha value is -1.23. The Bertz CT molecular complexity index is 431. The number of ether oxygens (including phenoxy) is 1. The smallest absolute Gasteiger partial charge is 0.213 e. The average Bonchev–Trinajstić information content (AvgIpc) is 2.78. The van der Waals surface area contributed by atoms with Gasteiger partial charge < -0.3 is 10.1 Å². The van der Waals surface area contributed by atoms with E-state index in [-0.39, 0.29) is 0 Å². The SMILES string of the molecule is CCOc1ccc(NC2=NCC(CC(C)C)S2)cn1. The molecular formula is C14H21N3OS. The Kier molecular flexibility index (Phi) is 5.07. The van der Waals surface area contributed by atoms with Crippen LogP contribution in [0.5, 0.6) is 5.88 Å². The molecule has 0 fully saturated rings. The van der Waals surface area contributed by atoms with Crippen molar-refractivity contribution in [3.05, 3.63) is 18.3 Å². The van der Waals surface area contributed by atoms with Crippen LogP contribution in [0.15, 0.2) is 23.3 Å². The molecule has 1 aromatic rings. The summed E-state index contributed by atoms with van der Waals surface area (Å²) in [6, 6.07) is 3.84. The first kappa shape index (κ1) is 14.2. The Morgan fingerprint density at radius 3 is 2.95 bits per heavy atom. The molecule has 1 N–H and O–H groups in total. The van der Waals surface area contributed by atoms with Crippen LogP contribution >= 0.6 is 11.8 Å². The normalized spacial score (nSPS) is 18.5. The number of nitrogens with one attached hydrogen (secondary N) is 1. The third kappa shape index (κ3) is 4.42. The molecule has 0 spiro atoms. The van der Waals surface area contributed by atoms with E-state index >= 15 is 0 Å². The minimum atomic E-state index is 0.609. The molecule has 1 aliphatic rings. The highest BCUT2D eigenvalue weighted by Crippen LogP contribution is 2.27. The maximum Gasteiger partial charge on any atom is 0.213 e. The van der Waals surface area contributed by atoms with Gasteiger partial charge in [0.05, 0.1) is 25.0 Å². The summed E-state index contributed by atoms with van der Waals surface area (Å²) in [5.41, 5.74) is 0.958. The molecule has 2 heterocycles. The quantitative estimate of drug-likeness (QED) is 0.897. The number of hydrogen-bond donors (Lipinski definition) is 1. The number of rotatable bonds is 5. The van der Waals surface area contributed by atoms with Gasteiger partial charge in [0, 0.05) is 11.3 Å². The van der Waals surface area contributed by atoms with Gasteiger partial charge in [-0.15, -0.1) is 0 Å². The number of nitrogens with zero attached hydrogens (tertiary/aromatic N) is 2. The van der Waals surface area contributed by atoms with E-state index in [9.17, 15) is 0 Å². The van der Waals surface area contributed by atoms with Crippen LogP contribution in [0.3, 0.4) is 0 Å². The minimum Gasteiger partial charge on any atom is -0.478 e. The molecule has 0 aliphatic carbocycles. The van der Waals surface area contributed by atoms with E-state index in [1.807, 2.05) is 30.8 Å². The van der Waals surface area contributed by atoms with E-state index in [0.29, 0.717) is 17.7 Å². The molecule has 1 atom stereocenters. The molecule has 0 saturated carbocycles. The van der Waals surface area contributed by atoms with Gasteiger partial charge in [-0.1, -0.05) is 25.6 Å². The van der Waals surface area contributed by atoms with Gasteiger partial charge in [-0.05, 0) is 25.3 Å². The molecule has 0 amide bonds. The van der Waals surface area contributed by atoms with E-state index in [1.54, 1.807) is 6.20 Å². The molecule has 5 heteroatoms. The molecule has 19 heavy (non-hydrogen) atoms. The molecule has 2 rings (SSSR count). The maximum atomic E-state index is 5.32. The highest BCUT2D eigenvalue weighted by Gasteiger charge is 2.20. The fourth-order valence-corrected chi connectivity index (χ4v) is 3.22. The monoisotopic (exact) mass is 279 g/mol. The van der Waals surface area contributed by atoms with Crippen LogP contribution in [0.25, 0.3) is 0 Å². The Morgan fingerprint density at radius 2 is 2.32 bits per heavy atom. The minimum absolute atomic E-state index is 0.609. The predicted molar refractivity (Wildman–Crippen MR) is 82.2 cm³/mol. The molecular weight excluding hydrogens is 258 g/mol. The summed E-state index contributed by atoms with van der Waals surface area (Å²) < 4.78 is 5.32. The van der Waals surface area contributed by atoms with Crippen molar-refractivity contribution in [3.8, 4) is 5.88 Å². The van der Waals surface area contributed by atoms with E-state index in [0.717, 1.165) is 23.3 Å². The second kappa shape index (κ2) is 6.80. The number of aromatic nitrogens is 1. The van der Waals surface area contributed by atoms with Crippen molar-refractivity contribution in [3.63, 3.8) is 0 Å². The maximum absolute atomic E-state index is 5.32. The largest absolute Gasteiger partial charge is 0.478 e. The summed E-state index contributed by atoms with van der Waals surface area (Å²) in [7, 11) is 0. The van der Waals surface area contributed by atoms with Crippen molar-refractivity contribution in [2.24, 2.45) is 10.9 Å². The second-order valence-electron chi connectivity index (χ2n) is 4.96. The summed E-state index contributed by atoms with van der Waals surface area (Å²) >= 11 is 1.83. The van der Waals surface area contributed by atoms with Gasteiger partial charge in [-0.2, -0.15) is 0 Å². The number of hydrogen-bond acceptors (Lipinski definition) is 5. The van der Waals surface area contributed by atoms with Gasteiger partial charge >= 0.3 is 0 Å². The molecule has 0 radical (unpaired) electrons. The van der Waals surface area contributed by atoms with Crippen molar-refractivity contribution in [2.75, 3.05) is 18.5 Å². The average molecular weight is 279 g/mol. The van der Waals surface area contributed by atoms with Gasteiger partial charge in [0.15, 0.2) is 5.17 Å². The lowest BCUT2D eigenvalue weighted by Gasteiger charge is -2.11. The van der Waals surface area contributed by atoms with Crippen molar-refractivity contribution >= 4 is 22.6 Å². The van der Waals surface area contributed by atoms with E-state index in [1.165, 1.54) is 6.42 Å². The summed E-state index contributed by atoms with van der Waals surface area (Å²) in [6.45, 7) is 8.01. The van der Waals surface area contributed by atoms with Crippen molar-refractivity contribution < 1.29 is 4.74 Å². The van der Waals surface area contributed by atoms with Crippen LogP contribution in [0.1, 0.15) is 27.2 Å². The Balaban J connectivity index is 1.85. The van der Waals surface area contributed by atoms with Gasteiger partial charge in [-0.25, -0.2) is 4.98 Å². The number of aliphatic imine (C=N–C) groups is 1. The van der Waals surface area contributed by atoms with Crippen molar-refractivity contribution in [1.82, 2.24) is 4.98 Å². The first-order valence-corrected chi connectivity index (χ1v) is 7.62. The topological polar surface area (TPSA) is 46.5 Å². The molecule has 1 unspecified atom stereocenters. The standard InChI is InChI=1S/C14H21N3OS/c1-4-18-13-6-5-11(8-15-13)17-14-16-9-12(19-14)7-10(2)3/h5-6,8,10,12H,4,7,9H2,1-3H3,(H,16,17). The van der Waals surface area contributed by atoms with Gasteiger partial charge in [0.2, 0.25) is 5.88 Å². The van der Waals surface area contributed by atoms with E-state index in [4.69, 9.17) is 4.74 Å². The summed E-state index contributed by atoms with van der Waals surface area (Å²) in [5, 5.41) is 4.91. The lowest BCUT2D eigenvalue weighted by atomic mass is 10.1. The molecule has 0 bridgehead atoms. The first-order chi connectivity index (χ1) is 9.17. The predicted octanol–water partition coefficient (Wildman–Crippen LogP) is 3.41. The van der Waals surface area contributed by atoms with Crippen molar-refractivity contribution in [2.45, 2.75) is 32.4 Å². The summed E-state index contributed by atoms with van der Waals surface area (Å²) in [5.74, 6) is 1.38. The van der Waals surface area contributed by atoms with E-state index in [2.05, 4.69) is 29.1 Å². The molecule has 0 aromatic carbocycles. The third-order valence-corrected chi connectivity index (χ3v) is 3.86. The Morgan fingerprint density at radius 1 is 1.47 bits per heavy atom. The van der Waals surface area contributed by atoms with Crippen molar-refractivity contribution in [1.29, 1.82) is 0 Å². The van der Waals surface area contributed by atoms with Gasteiger partial charge in [0.1, 0.15) is 0 Å². The molecule has 104 valence electrons. The van der Waals surface area contributed by atoms with Gasteiger partial charge in [-0.3, -0.25) is 4.99 Å². The lowest BCUT2D eigenvalue weighted by molar-refractivity contribution is 0.327. The lowest BCUT2D eigenvalue weighted by Crippen LogP contribution is -2.09. The summed E-state index contributed by atoms with van der Waals surface area (Å²) in [6.07, 6.45) is 2.99. The zero-order valence-electron chi connectivity index (χ0n) is 11.7. The number of anilines is 1. The summed E-state index contributed by atoms with van der Waals surface area (Å²) in [4.78, 5) is 8.76.